The Labute approximate surface area is 199 Å². The molecule has 1 N–H and O–H groups in total. The van der Waals surface area contributed by atoms with Gasteiger partial charge in [-0.25, -0.2) is 4.68 Å². The Balaban J connectivity index is 1.67. The summed E-state index contributed by atoms with van der Waals surface area (Å²) in [6, 6.07) is 15.5. The highest BCUT2D eigenvalue weighted by Crippen LogP contribution is 2.32. The second-order valence-electron chi connectivity index (χ2n) is 8.24. The van der Waals surface area contributed by atoms with Crippen LogP contribution in [-0.4, -0.2) is 34.4 Å². The number of hydrogen-bond donors (Lipinski definition) is 1. The van der Waals surface area contributed by atoms with E-state index in [4.69, 9.17) is 19.6 Å². The lowest BCUT2D eigenvalue weighted by Gasteiger charge is -2.15. The van der Waals surface area contributed by atoms with E-state index in [0.717, 1.165) is 39.1 Å². The fraction of sp³-hybridized carbons (Fsp3) is 0.296. The van der Waals surface area contributed by atoms with Gasteiger partial charge < -0.3 is 14.8 Å². The number of carbonyl (C=O) groups is 1. The van der Waals surface area contributed by atoms with Gasteiger partial charge in [0.2, 0.25) is 11.8 Å². The van der Waals surface area contributed by atoms with Gasteiger partial charge in [-0.3, -0.25) is 4.79 Å². The van der Waals surface area contributed by atoms with Gasteiger partial charge in [-0.15, -0.1) is 0 Å². The molecule has 0 saturated heterocycles. The minimum Gasteiger partial charge on any atom is -0.495 e. The highest BCUT2D eigenvalue weighted by Gasteiger charge is 2.21. The molecule has 0 fully saturated rings. The van der Waals surface area contributed by atoms with Gasteiger partial charge in [-0.2, -0.15) is 10.1 Å². The third kappa shape index (κ3) is 4.59. The molecule has 0 saturated carbocycles. The maximum Gasteiger partial charge on any atom is 0.224 e. The van der Waals surface area contributed by atoms with Crippen LogP contribution in [0, 0.1) is 20.8 Å². The monoisotopic (exact) mass is 458 g/mol. The first-order valence-electron chi connectivity index (χ1n) is 11.4. The summed E-state index contributed by atoms with van der Waals surface area (Å²) in [4.78, 5) is 17.6. The van der Waals surface area contributed by atoms with Crippen molar-refractivity contribution in [2.24, 2.45) is 0 Å². The number of methoxy groups -OCH3 is 1. The van der Waals surface area contributed by atoms with Crippen LogP contribution in [0.4, 0.5) is 5.69 Å². The number of anilines is 1. The van der Waals surface area contributed by atoms with Gasteiger partial charge in [0, 0.05) is 17.4 Å². The Morgan fingerprint density at radius 2 is 1.88 bits per heavy atom. The fourth-order valence-electron chi connectivity index (χ4n) is 4.22. The topological polar surface area (TPSA) is 78.3 Å². The number of carbonyl (C=O) groups excluding carboxylic acids is 1. The van der Waals surface area contributed by atoms with Crippen molar-refractivity contribution in [1.82, 2.24) is 14.8 Å². The molecule has 2 aromatic carbocycles. The van der Waals surface area contributed by atoms with Crippen molar-refractivity contribution in [3.05, 3.63) is 70.9 Å². The fourth-order valence-corrected chi connectivity index (χ4v) is 4.22. The highest BCUT2D eigenvalue weighted by molar-refractivity contribution is 5.92. The zero-order chi connectivity index (χ0) is 24.2. The first-order chi connectivity index (χ1) is 16.4. The van der Waals surface area contributed by atoms with Crippen LogP contribution in [0.25, 0.3) is 16.7 Å². The Kier molecular flexibility index (Phi) is 6.82. The van der Waals surface area contributed by atoms with E-state index >= 15 is 0 Å². The molecule has 4 rings (SSSR count). The third-order valence-electron chi connectivity index (χ3n) is 5.84. The second-order valence-corrected chi connectivity index (χ2v) is 8.24. The van der Waals surface area contributed by atoms with E-state index in [2.05, 4.69) is 31.3 Å². The van der Waals surface area contributed by atoms with Gasteiger partial charge in [0.25, 0.3) is 0 Å². The number of nitrogens with one attached hydrogen (secondary N) is 1. The van der Waals surface area contributed by atoms with Gasteiger partial charge in [0.1, 0.15) is 5.75 Å². The number of fused-ring (bicyclic) bond motifs is 1. The van der Waals surface area contributed by atoms with Crippen LogP contribution >= 0.6 is 0 Å². The molecular formula is C27H30N4O3. The number of benzene rings is 2. The lowest BCUT2D eigenvalue weighted by atomic mass is 10.0. The van der Waals surface area contributed by atoms with Gasteiger partial charge in [0.15, 0.2) is 5.65 Å². The molecule has 7 nitrogen and oxygen atoms in total. The van der Waals surface area contributed by atoms with Gasteiger partial charge in [-0.05, 0) is 69.5 Å². The lowest BCUT2D eigenvalue weighted by Crippen LogP contribution is -2.14. The summed E-state index contributed by atoms with van der Waals surface area (Å²) in [6.07, 6.45) is 0.789. The van der Waals surface area contributed by atoms with Crippen LogP contribution < -0.4 is 14.8 Å². The van der Waals surface area contributed by atoms with Crippen LogP contribution in [0.15, 0.2) is 48.5 Å². The summed E-state index contributed by atoms with van der Waals surface area (Å²) < 4.78 is 13.1. The van der Waals surface area contributed by atoms with Gasteiger partial charge in [-0.1, -0.05) is 24.3 Å². The van der Waals surface area contributed by atoms with E-state index < -0.39 is 0 Å². The van der Waals surface area contributed by atoms with Gasteiger partial charge in [0.05, 0.1) is 30.8 Å². The minimum absolute atomic E-state index is 0.0985. The van der Waals surface area contributed by atoms with Crippen molar-refractivity contribution in [2.45, 2.75) is 40.5 Å². The van der Waals surface area contributed by atoms with Crippen molar-refractivity contribution in [3.8, 4) is 17.3 Å². The second kappa shape index (κ2) is 9.95. The largest absolute Gasteiger partial charge is 0.495 e. The zero-order valence-corrected chi connectivity index (χ0v) is 20.3. The van der Waals surface area contributed by atoms with Crippen molar-refractivity contribution in [1.29, 1.82) is 0 Å². The molecule has 0 spiro atoms. The Hall–Kier alpha value is -3.87. The number of aromatic nitrogens is 3. The summed E-state index contributed by atoms with van der Waals surface area (Å²) in [5.41, 5.74) is 6.37. The summed E-state index contributed by atoms with van der Waals surface area (Å²) in [5.74, 6) is 1.08. The molecule has 0 aliphatic carbocycles. The normalized spacial score (nSPS) is 11.0. The van der Waals surface area contributed by atoms with E-state index in [-0.39, 0.29) is 12.3 Å². The first kappa shape index (κ1) is 23.3. The molecule has 4 aromatic rings. The molecule has 0 aliphatic rings. The standard InChI is InChI=1S/C27H30N4O3/c1-6-34-27-21(14-15-24(32)28-22-12-7-8-13-23(22)33-5)18(3)25-19(4)30-31(26(25)29-27)20-11-9-10-17(2)16-20/h7-13,16H,6,14-15H2,1-5H3,(H,28,32). The molecule has 0 aliphatic heterocycles. The summed E-state index contributed by atoms with van der Waals surface area (Å²) in [5, 5.41) is 8.71. The number of aryl methyl sites for hydroxylation is 3. The Morgan fingerprint density at radius 1 is 1.09 bits per heavy atom. The number of hydrogen-bond acceptors (Lipinski definition) is 5. The molecular weight excluding hydrogens is 428 g/mol. The third-order valence-corrected chi connectivity index (χ3v) is 5.84. The van der Waals surface area contributed by atoms with E-state index in [0.29, 0.717) is 30.3 Å². The molecule has 0 bridgehead atoms. The maximum atomic E-state index is 12.7. The molecule has 2 aromatic heterocycles. The maximum absolute atomic E-state index is 12.7. The average molecular weight is 459 g/mol. The molecule has 1 amide bonds. The van der Waals surface area contributed by atoms with Crippen LogP contribution in [0.2, 0.25) is 0 Å². The number of ether oxygens (including phenoxy) is 2. The molecule has 176 valence electrons. The zero-order valence-electron chi connectivity index (χ0n) is 20.3. The van der Waals surface area contributed by atoms with E-state index in [9.17, 15) is 4.79 Å². The molecule has 0 unspecified atom stereocenters. The van der Waals surface area contributed by atoms with Gasteiger partial charge >= 0.3 is 0 Å². The smallest absolute Gasteiger partial charge is 0.224 e. The van der Waals surface area contributed by atoms with Crippen molar-refractivity contribution < 1.29 is 14.3 Å². The summed E-state index contributed by atoms with van der Waals surface area (Å²) >= 11 is 0. The Bertz CT molecular complexity index is 1340. The lowest BCUT2D eigenvalue weighted by molar-refractivity contribution is -0.116. The Morgan fingerprint density at radius 3 is 2.62 bits per heavy atom. The van der Waals surface area contributed by atoms with Crippen LogP contribution in [-0.2, 0) is 11.2 Å². The van der Waals surface area contributed by atoms with E-state index in [1.165, 1.54) is 0 Å². The summed E-state index contributed by atoms with van der Waals surface area (Å²) in [7, 11) is 1.59. The molecule has 34 heavy (non-hydrogen) atoms. The van der Waals surface area contributed by atoms with Crippen LogP contribution in [0.1, 0.15) is 35.7 Å². The number of pyridine rings is 1. The highest BCUT2D eigenvalue weighted by atomic mass is 16.5. The molecule has 0 atom stereocenters. The molecule has 0 radical (unpaired) electrons. The van der Waals surface area contributed by atoms with Crippen molar-refractivity contribution >= 4 is 22.6 Å². The predicted molar refractivity (Wildman–Crippen MR) is 134 cm³/mol. The van der Waals surface area contributed by atoms with E-state index in [1.807, 2.05) is 54.9 Å². The van der Waals surface area contributed by atoms with E-state index in [1.54, 1.807) is 7.11 Å². The predicted octanol–water partition coefficient (Wildman–Crippen LogP) is 5.32. The number of amides is 1. The number of nitrogens with zero attached hydrogens (tertiary/aromatic N) is 3. The minimum atomic E-state index is -0.0985. The number of rotatable bonds is 8. The first-order valence-corrected chi connectivity index (χ1v) is 11.4. The quantitative estimate of drug-likeness (QED) is 0.386. The van der Waals surface area contributed by atoms with Crippen LogP contribution in [0.3, 0.4) is 0 Å². The molecule has 7 heteroatoms. The molecule has 2 heterocycles. The SMILES string of the molecule is CCOc1nc2c(c(C)nn2-c2cccc(C)c2)c(C)c1CCC(=O)Nc1ccccc1OC. The van der Waals surface area contributed by atoms with Crippen LogP contribution in [0.5, 0.6) is 11.6 Å². The van der Waals surface area contributed by atoms with Crippen molar-refractivity contribution in [2.75, 3.05) is 19.0 Å². The number of para-hydroxylation sites is 2. The van der Waals surface area contributed by atoms with Crippen molar-refractivity contribution in [3.63, 3.8) is 0 Å². The summed E-state index contributed by atoms with van der Waals surface area (Å²) in [6.45, 7) is 8.51. The average Bonchev–Trinajstić information content (AvgIpc) is 3.15.